The van der Waals surface area contributed by atoms with Gasteiger partial charge in [0.15, 0.2) is 0 Å². The molecule has 5 heteroatoms. The molecule has 1 unspecified atom stereocenters. The average molecular weight is 309 g/mol. The standard InChI is InChI=1S/C16H23NO3S/c1-3-4-5-6-11-15(18)17-13-9-7-8-10-14(13)21-12(2)16(19)20/h7-10,12H,3-6,11H2,1-2H3,(H,17,18)(H,19,20). The minimum atomic E-state index is -0.860. The molecule has 0 fully saturated rings. The third-order valence-corrected chi connectivity index (χ3v) is 4.24. The summed E-state index contributed by atoms with van der Waals surface area (Å²) in [6.07, 6.45) is 4.76. The number of carboxylic acid groups (broad SMARTS) is 1. The molecule has 0 aliphatic rings. The van der Waals surface area contributed by atoms with Crippen LogP contribution in [-0.2, 0) is 9.59 Å². The monoisotopic (exact) mass is 309 g/mol. The number of carboxylic acids is 1. The van der Waals surface area contributed by atoms with E-state index in [4.69, 9.17) is 5.11 Å². The molecule has 21 heavy (non-hydrogen) atoms. The topological polar surface area (TPSA) is 66.4 Å². The molecule has 4 nitrogen and oxygen atoms in total. The number of carbonyl (C=O) groups excluding carboxylic acids is 1. The summed E-state index contributed by atoms with van der Waals surface area (Å²) in [6, 6.07) is 7.31. The summed E-state index contributed by atoms with van der Waals surface area (Å²) < 4.78 is 0. The number of aliphatic carboxylic acids is 1. The Labute approximate surface area is 130 Å². The van der Waals surface area contributed by atoms with Crippen LogP contribution in [0.3, 0.4) is 0 Å². The Bertz CT molecular complexity index is 476. The Kier molecular flexibility index (Phi) is 7.90. The fourth-order valence-electron chi connectivity index (χ4n) is 1.84. The minimum absolute atomic E-state index is 0.0119. The van der Waals surface area contributed by atoms with E-state index in [2.05, 4.69) is 12.2 Å². The van der Waals surface area contributed by atoms with Crippen molar-refractivity contribution in [3.8, 4) is 0 Å². The smallest absolute Gasteiger partial charge is 0.316 e. The largest absolute Gasteiger partial charge is 0.480 e. The molecule has 0 saturated heterocycles. The van der Waals surface area contributed by atoms with Crippen LogP contribution >= 0.6 is 11.8 Å². The van der Waals surface area contributed by atoms with Gasteiger partial charge in [0.05, 0.1) is 5.69 Å². The number of unbranched alkanes of at least 4 members (excludes halogenated alkanes) is 3. The van der Waals surface area contributed by atoms with E-state index in [1.165, 1.54) is 11.8 Å². The third-order valence-electron chi connectivity index (χ3n) is 3.07. The highest BCUT2D eigenvalue weighted by atomic mass is 32.2. The molecule has 0 radical (unpaired) electrons. The van der Waals surface area contributed by atoms with Gasteiger partial charge in [-0.05, 0) is 25.5 Å². The molecule has 0 bridgehead atoms. The predicted molar refractivity (Wildman–Crippen MR) is 86.8 cm³/mol. The summed E-state index contributed by atoms with van der Waals surface area (Å²) in [6.45, 7) is 3.77. The highest BCUT2D eigenvalue weighted by Gasteiger charge is 2.15. The van der Waals surface area contributed by atoms with Gasteiger partial charge < -0.3 is 10.4 Å². The highest BCUT2D eigenvalue weighted by molar-refractivity contribution is 8.00. The van der Waals surface area contributed by atoms with Crippen LogP contribution in [0.1, 0.15) is 46.0 Å². The number of carbonyl (C=O) groups is 2. The van der Waals surface area contributed by atoms with Gasteiger partial charge in [-0.25, -0.2) is 0 Å². The first-order chi connectivity index (χ1) is 10.0. The van der Waals surface area contributed by atoms with Gasteiger partial charge >= 0.3 is 5.97 Å². The van der Waals surface area contributed by atoms with Crippen molar-refractivity contribution in [2.75, 3.05) is 5.32 Å². The SMILES string of the molecule is CCCCCCC(=O)Nc1ccccc1SC(C)C(=O)O. The molecular formula is C16H23NO3S. The number of anilines is 1. The van der Waals surface area contributed by atoms with E-state index >= 15 is 0 Å². The molecule has 0 heterocycles. The van der Waals surface area contributed by atoms with Crippen molar-refractivity contribution < 1.29 is 14.7 Å². The Balaban J connectivity index is 2.58. The Hall–Kier alpha value is -1.49. The summed E-state index contributed by atoms with van der Waals surface area (Å²) in [5, 5.41) is 11.3. The molecule has 116 valence electrons. The van der Waals surface area contributed by atoms with Crippen LogP contribution in [0.4, 0.5) is 5.69 Å². The summed E-state index contributed by atoms with van der Waals surface area (Å²) >= 11 is 1.24. The molecule has 0 aliphatic carbocycles. The van der Waals surface area contributed by atoms with Gasteiger partial charge in [-0.2, -0.15) is 0 Å². The Morgan fingerprint density at radius 1 is 1.24 bits per heavy atom. The maximum Gasteiger partial charge on any atom is 0.316 e. The molecule has 0 saturated carbocycles. The number of benzene rings is 1. The van der Waals surface area contributed by atoms with Crippen LogP contribution in [0.15, 0.2) is 29.2 Å². The van der Waals surface area contributed by atoms with E-state index < -0.39 is 11.2 Å². The Morgan fingerprint density at radius 3 is 2.62 bits per heavy atom. The van der Waals surface area contributed by atoms with Crippen molar-refractivity contribution in [1.82, 2.24) is 0 Å². The first-order valence-electron chi connectivity index (χ1n) is 7.33. The number of nitrogens with one attached hydrogen (secondary N) is 1. The molecule has 0 spiro atoms. The second-order valence-corrected chi connectivity index (χ2v) is 6.34. The van der Waals surface area contributed by atoms with Crippen LogP contribution in [0.5, 0.6) is 0 Å². The van der Waals surface area contributed by atoms with Crippen molar-refractivity contribution in [3.63, 3.8) is 0 Å². The molecule has 1 aromatic rings. The number of hydrogen-bond acceptors (Lipinski definition) is 3. The van der Waals surface area contributed by atoms with Crippen molar-refractivity contribution in [3.05, 3.63) is 24.3 Å². The summed E-state index contributed by atoms with van der Waals surface area (Å²) in [7, 11) is 0. The van der Waals surface area contributed by atoms with Crippen molar-refractivity contribution >= 4 is 29.3 Å². The lowest BCUT2D eigenvalue weighted by Gasteiger charge is -2.12. The number of rotatable bonds is 9. The predicted octanol–water partition coefficient (Wildman–Crippen LogP) is 4.16. The quantitative estimate of drug-likeness (QED) is 0.531. The fraction of sp³-hybridized carbons (Fsp3) is 0.500. The van der Waals surface area contributed by atoms with E-state index in [0.29, 0.717) is 12.1 Å². The number of amides is 1. The molecule has 1 amide bonds. The third kappa shape index (κ3) is 6.67. The molecule has 2 N–H and O–H groups in total. The molecule has 0 aliphatic heterocycles. The molecule has 1 atom stereocenters. The van der Waals surface area contributed by atoms with E-state index in [0.717, 1.165) is 30.6 Å². The van der Waals surface area contributed by atoms with Gasteiger partial charge in [-0.1, -0.05) is 38.3 Å². The summed E-state index contributed by atoms with van der Waals surface area (Å²) in [5.74, 6) is -0.872. The molecule has 1 rings (SSSR count). The lowest BCUT2D eigenvalue weighted by atomic mass is 10.1. The number of hydrogen-bond donors (Lipinski definition) is 2. The van der Waals surface area contributed by atoms with Gasteiger partial charge in [0, 0.05) is 11.3 Å². The zero-order valence-corrected chi connectivity index (χ0v) is 13.4. The second-order valence-electron chi connectivity index (χ2n) is 4.95. The van der Waals surface area contributed by atoms with E-state index in [-0.39, 0.29) is 5.91 Å². The van der Waals surface area contributed by atoms with E-state index in [9.17, 15) is 9.59 Å². The lowest BCUT2D eigenvalue weighted by molar-refractivity contribution is -0.136. The summed E-state index contributed by atoms with van der Waals surface area (Å²) in [5.41, 5.74) is 0.691. The van der Waals surface area contributed by atoms with Gasteiger partial charge in [-0.15, -0.1) is 11.8 Å². The van der Waals surface area contributed by atoms with Crippen LogP contribution in [0.2, 0.25) is 0 Å². The molecular weight excluding hydrogens is 286 g/mol. The van der Waals surface area contributed by atoms with E-state index in [1.807, 2.05) is 18.2 Å². The second kappa shape index (κ2) is 9.45. The zero-order chi connectivity index (χ0) is 15.7. The molecule has 0 aromatic heterocycles. The maximum absolute atomic E-state index is 11.9. The van der Waals surface area contributed by atoms with Crippen molar-refractivity contribution in [2.24, 2.45) is 0 Å². The van der Waals surface area contributed by atoms with Crippen LogP contribution in [0, 0.1) is 0 Å². The molecule has 1 aromatic carbocycles. The number of para-hydroxylation sites is 1. The highest BCUT2D eigenvalue weighted by Crippen LogP contribution is 2.30. The van der Waals surface area contributed by atoms with Gasteiger partial charge in [-0.3, -0.25) is 9.59 Å². The van der Waals surface area contributed by atoms with Gasteiger partial charge in [0.2, 0.25) is 5.91 Å². The Morgan fingerprint density at radius 2 is 1.95 bits per heavy atom. The zero-order valence-electron chi connectivity index (χ0n) is 12.6. The normalized spacial score (nSPS) is 11.9. The fourth-order valence-corrected chi connectivity index (χ4v) is 2.72. The van der Waals surface area contributed by atoms with E-state index in [1.54, 1.807) is 13.0 Å². The van der Waals surface area contributed by atoms with Crippen molar-refractivity contribution in [2.45, 2.75) is 56.1 Å². The van der Waals surface area contributed by atoms with Crippen molar-refractivity contribution in [1.29, 1.82) is 0 Å². The lowest BCUT2D eigenvalue weighted by Crippen LogP contribution is -2.14. The van der Waals surface area contributed by atoms with Gasteiger partial charge in [0.25, 0.3) is 0 Å². The maximum atomic E-state index is 11.9. The first kappa shape index (κ1) is 17.6. The number of thioether (sulfide) groups is 1. The minimum Gasteiger partial charge on any atom is -0.480 e. The average Bonchev–Trinajstić information content (AvgIpc) is 2.45. The summed E-state index contributed by atoms with van der Waals surface area (Å²) in [4.78, 5) is 23.6. The first-order valence-corrected chi connectivity index (χ1v) is 8.21. The van der Waals surface area contributed by atoms with Crippen LogP contribution in [-0.4, -0.2) is 22.2 Å². The van der Waals surface area contributed by atoms with Crippen LogP contribution < -0.4 is 5.32 Å². The van der Waals surface area contributed by atoms with Gasteiger partial charge in [0.1, 0.15) is 5.25 Å². The van der Waals surface area contributed by atoms with Crippen LogP contribution in [0.25, 0.3) is 0 Å².